The fourth-order valence-electron chi connectivity index (χ4n) is 3.08. The number of hydrogen-bond acceptors (Lipinski definition) is 3. The molecule has 5 nitrogen and oxygen atoms in total. The largest absolute Gasteiger partial charge is 0.497 e. The van der Waals surface area contributed by atoms with Crippen LogP contribution in [0.5, 0.6) is 5.75 Å². The molecule has 1 saturated carbocycles. The van der Waals surface area contributed by atoms with Crippen molar-refractivity contribution in [3.05, 3.63) is 29.3 Å². The molecule has 0 radical (unpaired) electrons. The highest BCUT2D eigenvalue weighted by Crippen LogP contribution is 2.41. The molecule has 1 amide bonds. The van der Waals surface area contributed by atoms with Crippen molar-refractivity contribution in [3.8, 4) is 5.75 Å². The highest BCUT2D eigenvalue weighted by atomic mass is 16.5. The van der Waals surface area contributed by atoms with Gasteiger partial charge in [0, 0.05) is 0 Å². The van der Waals surface area contributed by atoms with Gasteiger partial charge in [0.05, 0.1) is 13.2 Å². The molecule has 1 aliphatic heterocycles. The summed E-state index contributed by atoms with van der Waals surface area (Å²) in [5, 5.41) is 6.22. The standard InChI is InChI=1S/C15H17N3O2/c1-20-11-5-2-9-6-7-15(12(9)8-11)13(19)17-14(18-15)16-10-3-4-10/h2,5,8,10H,3-4,6-7H2,1H3,(H2,16,17,18,19). The molecule has 1 aromatic rings. The third-order valence-electron chi connectivity index (χ3n) is 4.36. The van der Waals surface area contributed by atoms with Gasteiger partial charge in [0.25, 0.3) is 5.91 Å². The van der Waals surface area contributed by atoms with Crippen molar-refractivity contribution in [1.29, 1.82) is 0 Å². The van der Waals surface area contributed by atoms with Crippen molar-refractivity contribution in [2.75, 3.05) is 7.11 Å². The summed E-state index contributed by atoms with van der Waals surface area (Å²) in [5.74, 6) is 1.42. The molecule has 2 fully saturated rings. The number of amides is 1. The SMILES string of the molecule is COc1ccc2c(c1)C1(CC2)NC(=NC2CC2)NC1=O. The lowest BCUT2D eigenvalue weighted by Gasteiger charge is -2.22. The number of rotatable bonds is 2. The average Bonchev–Trinajstić information content (AvgIpc) is 3.11. The molecule has 3 aliphatic rings. The van der Waals surface area contributed by atoms with Gasteiger partial charge in [-0.05, 0) is 48.9 Å². The Kier molecular flexibility index (Phi) is 2.34. The van der Waals surface area contributed by atoms with Gasteiger partial charge in [0.2, 0.25) is 0 Å². The minimum atomic E-state index is -0.655. The maximum Gasteiger partial charge on any atom is 0.257 e. The molecule has 2 N–H and O–H groups in total. The van der Waals surface area contributed by atoms with Crippen molar-refractivity contribution in [2.24, 2.45) is 4.99 Å². The first-order chi connectivity index (χ1) is 9.71. The molecule has 4 rings (SSSR count). The maximum absolute atomic E-state index is 12.5. The van der Waals surface area contributed by atoms with Crippen molar-refractivity contribution < 1.29 is 9.53 Å². The minimum absolute atomic E-state index is 0.00361. The minimum Gasteiger partial charge on any atom is -0.497 e. The van der Waals surface area contributed by atoms with E-state index in [-0.39, 0.29) is 5.91 Å². The summed E-state index contributed by atoms with van der Waals surface area (Å²) in [6, 6.07) is 6.35. The van der Waals surface area contributed by atoms with Crippen LogP contribution in [0.25, 0.3) is 0 Å². The summed E-state index contributed by atoms with van der Waals surface area (Å²) >= 11 is 0. The van der Waals surface area contributed by atoms with Crippen LogP contribution in [0, 0.1) is 0 Å². The van der Waals surface area contributed by atoms with Gasteiger partial charge in [-0.25, -0.2) is 4.99 Å². The summed E-state index contributed by atoms with van der Waals surface area (Å²) in [6.07, 6.45) is 3.92. The lowest BCUT2D eigenvalue weighted by atomic mass is 9.92. The van der Waals surface area contributed by atoms with E-state index in [9.17, 15) is 4.79 Å². The fourth-order valence-corrected chi connectivity index (χ4v) is 3.08. The molecule has 1 atom stereocenters. The maximum atomic E-state index is 12.5. The molecule has 1 heterocycles. The van der Waals surface area contributed by atoms with Crippen molar-refractivity contribution in [2.45, 2.75) is 37.3 Å². The van der Waals surface area contributed by atoms with Gasteiger partial charge in [0.15, 0.2) is 5.96 Å². The van der Waals surface area contributed by atoms with Gasteiger partial charge >= 0.3 is 0 Å². The number of hydrogen-bond donors (Lipinski definition) is 2. The Hall–Kier alpha value is -2.04. The normalized spacial score (nSPS) is 29.4. The molecule has 1 unspecified atom stereocenters. The molecule has 5 heteroatoms. The second-order valence-electron chi connectivity index (χ2n) is 5.72. The van der Waals surface area contributed by atoms with Gasteiger partial charge in [-0.2, -0.15) is 0 Å². The van der Waals surface area contributed by atoms with Crippen LogP contribution >= 0.6 is 0 Å². The first-order valence-electron chi connectivity index (χ1n) is 7.06. The number of carbonyl (C=O) groups is 1. The zero-order valence-corrected chi connectivity index (χ0v) is 11.4. The van der Waals surface area contributed by atoms with Crippen LogP contribution in [0.3, 0.4) is 0 Å². The first-order valence-corrected chi connectivity index (χ1v) is 7.06. The second-order valence-corrected chi connectivity index (χ2v) is 5.72. The van der Waals surface area contributed by atoms with E-state index in [2.05, 4.69) is 15.6 Å². The Labute approximate surface area is 117 Å². The summed E-state index contributed by atoms with van der Waals surface area (Å²) < 4.78 is 5.29. The molecule has 1 saturated heterocycles. The zero-order valence-electron chi connectivity index (χ0n) is 11.4. The molecule has 0 bridgehead atoms. The second kappa shape index (κ2) is 3.98. The molecular weight excluding hydrogens is 254 g/mol. The summed E-state index contributed by atoms with van der Waals surface area (Å²) in [6.45, 7) is 0. The Bertz CT molecular complexity index is 622. The van der Waals surface area contributed by atoms with Gasteiger partial charge in [-0.15, -0.1) is 0 Å². The van der Waals surface area contributed by atoms with Gasteiger partial charge < -0.3 is 10.1 Å². The van der Waals surface area contributed by atoms with Crippen LogP contribution in [-0.2, 0) is 16.8 Å². The number of aliphatic imine (C=N–C) groups is 1. The molecule has 20 heavy (non-hydrogen) atoms. The van der Waals surface area contributed by atoms with E-state index in [0.717, 1.165) is 37.0 Å². The van der Waals surface area contributed by atoms with Crippen molar-refractivity contribution in [3.63, 3.8) is 0 Å². The number of carbonyl (C=O) groups excluding carboxylic acids is 1. The molecular formula is C15H17N3O2. The number of fused-ring (bicyclic) bond motifs is 2. The zero-order chi connectivity index (χ0) is 13.7. The van der Waals surface area contributed by atoms with Crippen LogP contribution < -0.4 is 15.4 Å². The first kappa shape index (κ1) is 11.8. The topological polar surface area (TPSA) is 62.7 Å². The van der Waals surface area contributed by atoms with Crippen molar-refractivity contribution in [1.82, 2.24) is 10.6 Å². The molecule has 2 aliphatic carbocycles. The quantitative estimate of drug-likeness (QED) is 0.846. The highest BCUT2D eigenvalue weighted by Gasteiger charge is 2.51. The van der Waals surface area contributed by atoms with Crippen LogP contribution in [-0.4, -0.2) is 25.0 Å². The van der Waals surface area contributed by atoms with E-state index in [4.69, 9.17) is 4.74 Å². The smallest absolute Gasteiger partial charge is 0.257 e. The van der Waals surface area contributed by atoms with E-state index in [1.165, 1.54) is 5.56 Å². The summed E-state index contributed by atoms with van der Waals surface area (Å²) in [5.41, 5.74) is 1.58. The van der Waals surface area contributed by atoms with Gasteiger partial charge in [0.1, 0.15) is 11.3 Å². The number of methoxy groups -OCH3 is 1. The van der Waals surface area contributed by atoms with Crippen LogP contribution in [0.4, 0.5) is 0 Å². The molecule has 0 aromatic heterocycles. The Morgan fingerprint density at radius 3 is 3.00 bits per heavy atom. The van der Waals surface area contributed by atoms with E-state index in [1.54, 1.807) is 7.11 Å². The van der Waals surface area contributed by atoms with Crippen molar-refractivity contribution >= 4 is 11.9 Å². The number of nitrogens with zero attached hydrogens (tertiary/aromatic N) is 1. The number of nitrogens with one attached hydrogen (secondary N) is 2. The van der Waals surface area contributed by atoms with E-state index >= 15 is 0 Å². The van der Waals surface area contributed by atoms with E-state index in [1.807, 2.05) is 18.2 Å². The number of aryl methyl sites for hydroxylation is 1. The monoisotopic (exact) mass is 271 g/mol. The predicted octanol–water partition coefficient (Wildman–Crippen LogP) is 1.07. The molecule has 1 aromatic carbocycles. The third kappa shape index (κ3) is 1.62. The Balaban J connectivity index is 1.74. The van der Waals surface area contributed by atoms with E-state index < -0.39 is 5.54 Å². The lowest BCUT2D eigenvalue weighted by Crippen LogP contribution is -2.41. The number of guanidine groups is 1. The predicted molar refractivity (Wildman–Crippen MR) is 74.7 cm³/mol. The third-order valence-corrected chi connectivity index (χ3v) is 4.36. The molecule has 104 valence electrons. The number of benzene rings is 1. The van der Waals surface area contributed by atoms with Crippen LogP contribution in [0.2, 0.25) is 0 Å². The van der Waals surface area contributed by atoms with Crippen LogP contribution in [0.15, 0.2) is 23.2 Å². The number of ether oxygens (including phenoxy) is 1. The Morgan fingerprint density at radius 2 is 2.25 bits per heavy atom. The van der Waals surface area contributed by atoms with E-state index in [0.29, 0.717) is 12.0 Å². The van der Waals surface area contributed by atoms with Gasteiger partial charge in [-0.1, -0.05) is 6.07 Å². The van der Waals surface area contributed by atoms with Crippen LogP contribution in [0.1, 0.15) is 30.4 Å². The highest BCUT2D eigenvalue weighted by molar-refractivity contribution is 6.10. The average molecular weight is 271 g/mol. The van der Waals surface area contributed by atoms with Gasteiger partial charge in [-0.3, -0.25) is 10.1 Å². The fraction of sp³-hybridized carbons (Fsp3) is 0.467. The lowest BCUT2D eigenvalue weighted by molar-refractivity contribution is -0.124. The molecule has 1 spiro atoms. The Morgan fingerprint density at radius 1 is 1.40 bits per heavy atom. The summed E-state index contributed by atoms with van der Waals surface area (Å²) in [4.78, 5) is 17.0. The summed E-state index contributed by atoms with van der Waals surface area (Å²) in [7, 11) is 1.64.